The van der Waals surface area contributed by atoms with Gasteiger partial charge in [0.15, 0.2) is 11.6 Å². The Bertz CT molecular complexity index is 503. The van der Waals surface area contributed by atoms with Crippen LogP contribution in [0.4, 0.5) is 4.39 Å². The Labute approximate surface area is 114 Å². The van der Waals surface area contributed by atoms with E-state index in [1.807, 2.05) is 6.92 Å². The van der Waals surface area contributed by atoms with Gasteiger partial charge >= 0.3 is 0 Å². The Morgan fingerprint density at radius 3 is 2.68 bits per heavy atom. The molecule has 0 amide bonds. The third-order valence-corrected chi connectivity index (χ3v) is 4.19. The maximum atomic E-state index is 13.4. The van der Waals surface area contributed by atoms with Crippen LogP contribution in [0.2, 0.25) is 0 Å². The van der Waals surface area contributed by atoms with E-state index in [1.165, 1.54) is 19.2 Å². The molecule has 0 saturated carbocycles. The smallest absolute Gasteiger partial charge is 0.211 e. The van der Waals surface area contributed by atoms with Crippen molar-refractivity contribution in [2.75, 3.05) is 19.4 Å². The van der Waals surface area contributed by atoms with Gasteiger partial charge in [0.2, 0.25) is 10.0 Å². The molecule has 1 rings (SSSR count). The monoisotopic (exact) mass is 289 g/mol. The maximum Gasteiger partial charge on any atom is 0.211 e. The Morgan fingerprint density at radius 1 is 1.37 bits per heavy atom. The molecule has 6 heteroatoms. The molecule has 0 radical (unpaired) electrons. The van der Waals surface area contributed by atoms with Gasteiger partial charge in [0.05, 0.1) is 12.9 Å². The number of nitrogens with one attached hydrogen (secondary N) is 1. The van der Waals surface area contributed by atoms with Crippen LogP contribution in [0.1, 0.15) is 25.3 Å². The van der Waals surface area contributed by atoms with Crippen molar-refractivity contribution < 1.29 is 17.5 Å². The van der Waals surface area contributed by atoms with Crippen LogP contribution in [-0.2, 0) is 16.4 Å². The summed E-state index contributed by atoms with van der Waals surface area (Å²) in [6.45, 7) is 2.22. The molecule has 0 spiro atoms. The SMILES string of the molecule is CCCCS(=O)(=O)NCCc1ccc(OC)c(F)c1. The molecule has 0 unspecified atom stereocenters. The Balaban J connectivity index is 2.47. The molecule has 0 atom stereocenters. The van der Waals surface area contributed by atoms with E-state index < -0.39 is 15.8 Å². The van der Waals surface area contributed by atoms with Crippen molar-refractivity contribution >= 4 is 10.0 Å². The minimum atomic E-state index is -3.21. The molecule has 1 N–H and O–H groups in total. The van der Waals surface area contributed by atoms with E-state index in [1.54, 1.807) is 6.07 Å². The quantitative estimate of drug-likeness (QED) is 0.797. The Morgan fingerprint density at radius 2 is 2.11 bits per heavy atom. The van der Waals surface area contributed by atoms with Crippen molar-refractivity contribution in [2.45, 2.75) is 26.2 Å². The first kappa shape index (κ1) is 15.9. The van der Waals surface area contributed by atoms with Crippen LogP contribution in [0, 0.1) is 5.82 Å². The van der Waals surface area contributed by atoms with E-state index in [9.17, 15) is 12.8 Å². The molecule has 0 aliphatic rings. The van der Waals surface area contributed by atoms with Gasteiger partial charge in [-0.2, -0.15) is 0 Å². The number of sulfonamides is 1. The van der Waals surface area contributed by atoms with E-state index >= 15 is 0 Å². The van der Waals surface area contributed by atoms with Crippen molar-refractivity contribution in [1.82, 2.24) is 4.72 Å². The number of unbranched alkanes of at least 4 members (excludes halogenated alkanes) is 1. The van der Waals surface area contributed by atoms with E-state index in [0.29, 0.717) is 12.8 Å². The summed E-state index contributed by atoms with van der Waals surface area (Å²) in [7, 11) is -1.80. The molecule has 0 saturated heterocycles. The largest absolute Gasteiger partial charge is 0.494 e. The number of methoxy groups -OCH3 is 1. The normalized spacial score (nSPS) is 11.5. The predicted octanol–water partition coefficient (Wildman–Crippen LogP) is 2.10. The zero-order valence-electron chi connectivity index (χ0n) is 11.3. The Kier molecular flexibility index (Phi) is 6.24. The lowest BCUT2D eigenvalue weighted by Crippen LogP contribution is -2.28. The summed E-state index contributed by atoms with van der Waals surface area (Å²) in [6.07, 6.45) is 1.93. The molecule has 0 bridgehead atoms. The summed E-state index contributed by atoms with van der Waals surface area (Å²) >= 11 is 0. The van der Waals surface area contributed by atoms with E-state index in [2.05, 4.69) is 4.72 Å². The van der Waals surface area contributed by atoms with E-state index in [-0.39, 0.29) is 18.0 Å². The van der Waals surface area contributed by atoms with Gasteiger partial charge in [-0.15, -0.1) is 0 Å². The average Bonchev–Trinajstić information content (AvgIpc) is 2.36. The van der Waals surface area contributed by atoms with Gasteiger partial charge < -0.3 is 4.74 Å². The molecule has 0 aliphatic carbocycles. The van der Waals surface area contributed by atoms with Crippen LogP contribution < -0.4 is 9.46 Å². The summed E-state index contributed by atoms with van der Waals surface area (Å²) in [5.41, 5.74) is 0.733. The zero-order valence-corrected chi connectivity index (χ0v) is 12.1. The lowest BCUT2D eigenvalue weighted by molar-refractivity contribution is 0.386. The topological polar surface area (TPSA) is 55.4 Å². The summed E-state index contributed by atoms with van der Waals surface area (Å²) < 4.78 is 43.8. The minimum absolute atomic E-state index is 0.139. The first-order valence-electron chi connectivity index (χ1n) is 6.28. The molecular formula is C13H20FNO3S. The minimum Gasteiger partial charge on any atom is -0.494 e. The van der Waals surface area contributed by atoms with Gasteiger partial charge in [-0.1, -0.05) is 19.4 Å². The lowest BCUT2D eigenvalue weighted by Gasteiger charge is -2.07. The second-order valence-corrected chi connectivity index (χ2v) is 6.21. The average molecular weight is 289 g/mol. The highest BCUT2D eigenvalue weighted by Crippen LogP contribution is 2.17. The molecule has 1 aromatic rings. The van der Waals surface area contributed by atoms with Crippen LogP contribution in [0.5, 0.6) is 5.75 Å². The maximum absolute atomic E-state index is 13.4. The van der Waals surface area contributed by atoms with Crippen molar-refractivity contribution in [1.29, 1.82) is 0 Å². The molecule has 1 aromatic carbocycles. The molecule has 108 valence electrons. The standard InChI is InChI=1S/C13H20FNO3S/c1-3-4-9-19(16,17)15-8-7-11-5-6-13(18-2)12(14)10-11/h5-6,10,15H,3-4,7-9H2,1-2H3. The molecule has 0 aromatic heterocycles. The summed E-state index contributed by atoms with van der Waals surface area (Å²) in [4.78, 5) is 0. The van der Waals surface area contributed by atoms with Gasteiger partial charge in [0.25, 0.3) is 0 Å². The fourth-order valence-electron chi connectivity index (χ4n) is 1.62. The van der Waals surface area contributed by atoms with Crippen LogP contribution in [0.25, 0.3) is 0 Å². The summed E-state index contributed by atoms with van der Waals surface area (Å²) in [5, 5.41) is 0. The molecule has 19 heavy (non-hydrogen) atoms. The van der Waals surface area contributed by atoms with Crippen molar-refractivity contribution in [3.63, 3.8) is 0 Å². The second kappa shape index (κ2) is 7.45. The predicted molar refractivity (Wildman–Crippen MR) is 73.4 cm³/mol. The van der Waals surface area contributed by atoms with Gasteiger partial charge in [0, 0.05) is 6.54 Å². The number of hydrogen-bond acceptors (Lipinski definition) is 3. The zero-order chi connectivity index (χ0) is 14.3. The van der Waals surface area contributed by atoms with Gasteiger partial charge in [-0.05, 0) is 30.5 Å². The Hall–Kier alpha value is -1.14. The van der Waals surface area contributed by atoms with Crippen LogP contribution in [0.15, 0.2) is 18.2 Å². The molecule has 4 nitrogen and oxygen atoms in total. The highest BCUT2D eigenvalue weighted by molar-refractivity contribution is 7.89. The number of benzene rings is 1. The van der Waals surface area contributed by atoms with E-state index in [4.69, 9.17) is 4.74 Å². The highest BCUT2D eigenvalue weighted by atomic mass is 32.2. The number of halogens is 1. The van der Waals surface area contributed by atoms with Crippen LogP contribution in [-0.4, -0.2) is 27.8 Å². The fourth-order valence-corrected chi connectivity index (χ4v) is 2.85. The van der Waals surface area contributed by atoms with Crippen LogP contribution in [0.3, 0.4) is 0 Å². The van der Waals surface area contributed by atoms with Crippen LogP contribution >= 0.6 is 0 Å². The molecule has 0 heterocycles. The lowest BCUT2D eigenvalue weighted by atomic mass is 10.1. The number of ether oxygens (including phenoxy) is 1. The summed E-state index contributed by atoms with van der Waals surface area (Å²) in [5.74, 6) is -0.110. The number of hydrogen-bond donors (Lipinski definition) is 1. The number of rotatable bonds is 8. The third kappa shape index (κ3) is 5.57. The second-order valence-electron chi connectivity index (χ2n) is 4.29. The van der Waals surface area contributed by atoms with Gasteiger partial charge in [-0.3, -0.25) is 0 Å². The van der Waals surface area contributed by atoms with Crippen molar-refractivity contribution in [3.05, 3.63) is 29.6 Å². The van der Waals surface area contributed by atoms with Crippen molar-refractivity contribution in [2.24, 2.45) is 0 Å². The van der Waals surface area contributed by atoms with Gasteiger partial charge in [0.1, 0.15) is 0 Å². The molecular weight excluding hydrogens is 269 g/mol. The van der Waals surface area contributed by atoms with Crippen molar-refractivity contribution in [3.8, 4) is 5.75 Å². The van der Waals surface area contributed by atoms with Gasteiger partial charge in [-0.25, -0.2) is 17.5 Å². The third-order valence-electron chi connectivity index (χ3n) is 2.72. The fraction of sp³-hybridized carbons (Fsp3) is 0.538. The van der Waals surface area contributed by atoms with E-state index in [0.717, 1.165) is 12.0 Å². The highest BCUT2D eigenvalue weighted by Gasteiger charge is 2.09. The summed E-state index contributed by atoms with van der Waals surface area (Å²) in [6, 6.07) is 4.62. The first-order valence-corrected chi connectivity index (χ1v) is 7.93. The molecule has 0 aliphatic heterocycles. The molecule has 0 fully saturated rings. The first-order chi connectivity index (χ1) is 8.98.